The van der Waals surface area contributed by atoms with Crippen molar-refractivity contribution in [2.45, 2.75) is 76.4 Å². The van der Waals surface area contributed by atoms with Gasteiger partial charge in [-0.1, -0.05) is 50.4 Å². The molecule has 2 atom stereocenters. The van der Waals surface area contributed by atoms with Crippen molar-refractivity contribution in [1.82, 2.24) is 0 Å². The molecule has 0 aliphatic heterocycles. The molecule has 0 aromatic carbocycles. The molecule has 0 heterocycles. The Balaban J connectivity index is 1.79. The van der Waals surface area contributed by atoms with E-state index >= 15 is 0 Å². The molecule has 2 rings (SSSR count). The highest BCUT2D eigenvalue weighted by molar-refractivity contribution is 5.29. The summed E-state index contributed by atoms with van der Waals surface area (Å²) < 4.78 is 0. The largest absolute Gasteiger partial charge is 0.380 e. The molecule has 0 amide bonds. The first-order valence-electron chi connectivity index (χ1n) is 8.14. The Morgan fingerprint density at radius 3 is 1.30 bits per heavy atom. The molecule has 0 bridgehead atoms. The number of aliphatic hydroxyl groups is 2. The van der Waals surface area contributed by atoms with E-state index in [0.29, 0.717) is 11.8 Å². The first-order valence-corrected chi connectivity index (χ1v) is 8.14. The van der Waals surface area contributed by atoms with E-state index < -0.39 is 12.2 Å². The number of rotatable bonds is 2. The molecular weight excluding hydrogens is 248 g/mol. The van der Waals surface area contributed by atoms with Crippen molar-refractivity contribution < 1.29 is 10.2 Å². The van der Waals surface area contributed by atoms with Crippen LogP contribution < -0.4 is 0 Å². The van der Waals surface area contributed by atoms with Crippen LogP contribution in [0.3, 0.4) is 0 Å². The third kappa shape index (κ3) is 4.86. The molecule has 0 aromatic heterocycles. The molecule has 2 aliphatic carbocycles. The van der Waals surface area contributed by atoms with E-state index in [1.165, 1.54) is 38.5 Å². The number of hydrogen-bond acceptors (Lipinski definition) is 2. The van der Waals surface area contributed by atoms with Crippen molar-refractivity contribution in [1.29, 1.82) is 0 Å². The van der Waals surface area contributed by atoms with Crippen LogP contribution in [0.25, 0.3) is 0 Å². The molecule has 20 heavy (non-hydrogen) atoms. The highest BCUT2D eigenvalue weighted by Gasteiger charge is 2.20. The van der Waals surface area contributed by atoms with E-state index in [4.69, 9.17) is 0 Å². The molecule has 0 aromatic rings. The quantitative estimate of drug-likeness (QED) is 0.760. The molecule has 0 saturated heterocycles. The second kappa shape index (κ2) is 8.35. The van der Waals surface area contributed by atoms with Crippen molar-refractivity contribution in [3.63, 3.8) is 0 Å². The predicted molar refractivity (Wildman–Crippen MR) is 80.7 cm³/mol. The summed E-state index contributed by atoms with van der Waals surface area (Å²) in [4.78, 5) is 0. The lowest BCUT2D eigenvalue weighted by Gasteiger charge is -2.23. The van der Waals surface area contributed by atoms with E-state index in [1.54, 1.807) is 0 Å². The van der Waals surface area contributed by atoms with Crippen LogP contribution in [0, 0.1) is 35.5 Å². The van der Waals surface area contributed by atoms with E-state index in [-0.39, 0.29) is 0 Å². The summed E-state index contributed by atoms with van der Waals surface area (Å²) in [6.07, 6.45) is 10.6. The topological polar surface area (TPSA) is 40.5 Å². The Bertz CT molecular complexity index is 355. The van der Waals surface area contributed by atoms with Gasteiger partial charge in [0.25, 0.3) is 0 Å². The maximum absolute atomic E-state index is 9.98. The third-order valence-corrected chi connectivity index (χ3v) is 4.70. The van der Waals surface area contributed by atoms with Crippen LogP contribution in [0.2, 0.25) is 0 Å². The van der Waals surface area contributed by atoms with Gasteiger partial charge in [0.05, 0.1) is 0 Å². The Morgan fingerprint density at radius 2 is 0.950 bits per heavy atom. The van der Waals surface area contributed by atoms with E-state index in [2.05, 4.69) is 23.7 Å². The zero-order valence-electron chi connectivity index (χ0n) is 12.3. The van der Waals surface area contributed by atoms with Gasteiger partial charge >= 0.3 is 0 Å². The van der Waals surface area contributed by atoms with E-state index in [0.717, 1.165) is 25.7 Å². The summed E-state index contributed by atoms with van der Waals surface area (Å²) in [6, 6.07) is 0. The predicted octanol–water partition coefficient (Wildman–Crippen LogP) is 2.88. The molecule has 2 fully saturated rings. The molecule has 2 aliphatic rings. The summed E-state index contributed by atoms with van der Waals surface area (Å²) in [5.74, 6) is 11.8. The molecule has 0 radical (unpaired) electrons. The molecule has 0 spiro atoms. The highest BCUT2D eigenvalue weighted by Crippen LogP contribution is 2.26. The van der Waals surface area contributed by atoms with Gasteiger partial charge in [-0.25, -0.2) is 0 Å². The van der Waals surface area contributed by atoms with Crippen LogP contribution >= 0.6 is 0 Å². The van der Waals surface area contributed by atoms with E-state index in [1.807, 2.05) is 0 Å². The number of aliphatic hydroxyl groups excluding tert-OH is 2. The fourth-order valence-electron chi connectivity index (χ4n) is 3.36. The minimum absolute atomic E-state index is 0.321. The minimum Gasteiger partial charge on any atom is -0.380 e. The van der Waals surface area contributed by atoms with Gasteiger partial charge in [-0.05, 0) is 49.4 Å². The molecule has 2 N–H and O–H groups in total. The van der Waals surface area contributed by atoms with Crippen molar-refractivity contribution >= 4 is 0 Å². The maximum Gasteiger partial charge on any atom is 0.118 e. The lowest BCUT2D eigenvalue weighted by Crippen LogP contribution is -2.21. The smallest absolute Gasteiger partial charge is 0.118 e. The molecule has 2 heteroatoms. The second-order valence-electron chi connectivity index (χ2n) is 6.22. The number of hydrogen-bond donors (Lipinski definition) is 2. The lowest BCUT2D eigenvalue weighted by atomic mass is 9.85. The average molecular weight is 274 g/mol. The highest BCUT2D eigenvalue weighted by atomic mass is 16.3. The second-order valence-corrected chi connectivity index (χ2v) is 6.22. The SMILES string of the molecule is OC(C#CC#CC(O)C1CCCCC1)C1CCCCC1. The summed E-state index contributed by atoms with van der Waals surface area (Å²) >= 11 is 0. The zero-order chi connectivity index (χ0) is 14.2. The average Bonchev–Trinajstić information content (AvgIpc) is 2.53. The van der Waals surface area contributed by atoms with Gasteiger partial charge in [-0.3, -0.25) is 0 Å². The minimum atomic E-state index is -0.545. The van der Waals surface area contributed by atoms with E-state index in [9.17, 15) is 10.2 Å². The fourth-order valence-corrected chi connectivity index (χ4v) is 3.36. The van der Waals surface area contributed by atoms with Crippen molar-refractivity contribution in [3.8, 4) is 23.7 Å². The van der Waals surface area contributed by atoms with Crippen molar-refractivity contribution in [3.05, 3.63) is 0 Å². The summed E-state index contributed by atoms with van der Waals surface area (Å²) in [5.41, 5.74) is 0. The van der Waals surface area contributed by atoms with Gasteiger partial charge in [0, 0.05) is 0 Å². The summed E-state index contributed by atoms with van der Waals surface area (Å²) in [5, 5.41) is 20.0. The van der Waals surface area contributed by atoms with Crippen LogP contribution in [0.5, 0.6) is 0 Å². The first kappa shape index (κ1) is 15.4. The van der Waals surface area contributed by atoms with Gasteiger partial charge in [0.15, 0.2) is 0 Å². The third-order valence-electron chi connectivity index (χ3n) is 4.70. The fraction of sp³-hybridized carbons (Fsp3) is 0.778. The standard InChI is InChI=1S/C18H26O2/c19-17(15-9-3-1-4-10-15)13-7-8-14-18(20)16-11-5-2-6-12-16/h15-20H,1-6,9-12H2. The van der Waals surface area contributed by atoms with Gasteiger partial charge in [0.2, 0.25) is 0 Å². The lowest BCUT2D eigenvalue weighted by molar-refractivity contribution is 0.132. The van der Waals surface area contributed by atoms with Gasteiger partial charge < -0.3 is 10.2 Å². The summed E-state index contributed by atoms with van der Waals surface area (Å²) in [6.45, 7) is 0. The van der Waals surface area contributed by atoms with Crippen LogP contribution in [0.4, 0.5) is 0 Å². The van der Waals surface area contributed by atoms with Gasteiger partial charge in [-0.15, -0.1) is 0 Å². The van der Waals surface area contributed by atoms with Crippen molar-refractivity contribution in [2.75, 3.05) is 0 Å². The first-order chi connectivity index (χ1) is 9.77. The van der Waals surface area contributed by atoms with Crippen molar-refractivity contribution in [2.24, 2.45) is 11.8 Å². The van der Waals surface area contributed by atoms with Crippen LogP contribution in [0.15, 0.2) is 0 Å². The normalized spacial score (nSPS) is 23.9. The monoisotopic (exact) mass is 274 g/mol. The van der Waals surface area contributed by atoms with Gasteiger partial charge in [0.1, 0.15) is 12.2 Å². The van der Waals surface area contributed by atoms with Crippen LogP contribution in [-0.4, -0.2) is 22.4 Å². The Labute approximate surface area is 123 Å². The Hall–Kier alpha value is -0.960. The van der Waals surface area contributed by atoms with Crippen LogP contribution in [0.1, 0.15) is 64.2 Å². The van der Waals surface area contributed by atoms with Crippen LogP contribution in [-0.2, 0) is 0 Å². The maximum atomic E-state index is 9.98. The molecule has 2 nitrogen and oxygen atoms in total. The summed E-state index contributed by atoms with van der Waals surface area (Å²) in [7, 11) is 0. The molecule has 2 saturated carbocycles. The molecule has 2 unspecified atom stereocenters. The molecule has 110 valence electrons. The Kier molecular flexibility index (Phi) is 6.44. The zero-order valence-corrected chi connectivity index (χ0v) is 12.3. The Morgan fingerprint density at radius 1 is 0.600 bits per heavy atom. The van der Waals surface area contributed by atoms with Gasteiger partial charge in [-0.2, -0.15) is 0 Å². The molecular formula is C18H26O2.